The van der Waals surface area contributed by atoms with Crippen molar-refractivity contribution in [1.82, 2.24) is 4.90 Å². The molecule has 0 radical (unpaired) electrons. The summed E-state index contributed by atoms with van der Waals surface area (Å²) in [5, 5.41) is 0. The highest BCUT2D eigenvalue weighted by Crippen LogP contribution is 2.39. The molecule has 3 heteroatoms. The minimum atomic E-state index is 0.0453. The molecule has 0 bridgehead atoms. The van der Waals surface area contributed by atoms with E-state index in [-0.39, 0.29) is 5.54 Å². The van der Waals surface area contributed by atoms with Crippen molar-refractivity contribution >= 4 is 0 Å². The maximum atomic E-state index is 6.04. The van der Waals surface area contributed by atoms with Crippen molar-refractivity contribution in [3.63, 3.8) is 0 Å². The third-order valence-electron chi connectivity index (χ3n) is 4.74. The molecule has 1 aliphatic carbocycles. The molecule has 3 unspecified atom stereocenters. The molecule has 1 aliphatic heterocycles. The molecule has 17 heavy (non-hydrogen) atoms. The number of hydrogen-bond donors (Lipinski definition) is 1. The second-order valence-corrected chi connectivity index (χ2v) is 5.93. The minimum absolute atomic E-state index is 0.0453. The fraction of sp³-hybridized carbons (Fsp3) is 1.00. The Hall–Kier alpha value is -0.120. The Labute approximate surface area is 106 Å². The molecule has 0 aromatic rings. The van der Waals surface area contributed by atoms with Gasteiger partial charge in [-0.2, -0.15) is 0 Å². The Bertz CT molecular complexity index is 246. The van der Waals surface area contributed by atoms with Crippen LogP contribution in [0.3, 0.4) is 0 Å². The van der Waals surface area contributed by atoms with E-state index < -0.39 is 0 Å². The van der Waals surface area contributed by atoms with Crippen molar-refractivity contribution in [3.8, 4) is 0 Å². The van der Waals surface area contributed by atoms with Crippen LogP contribution in [0.5, 0.6) is 0 Å². The molecule has 100 valence electrons. The van der Waals surface area contributed by atoms with Gasteiger partial charge < -0.3 is 10.5 Å². The summed E-state index contributed by atoms with van der Waals surface area (Å²) < 4.78 is 5.67. The highest BCUT2D eigenvalue weighted by molar-refractivity contribution is 4.98. The Morgan fingerprint density at radius 2 is 2.06 bits per heavy atom. The summed E-state index contributed by atoms with van der Waals surface area (Å²) in [5.74, 6) is 0.927. The number of nitrogens with zero attached hydrogens (tertiary/aromatic N) is 1. The zero-order valence-corrected chi connectivity index (χ0v) is 11.5. The van der Waals surface area contributed by atoms with Crippen molar-refractivity contribution < 1.29 is 4.74 Å². The minimum Gasteiger partial charge on any atom is -0.380 e. The Morgan fingerprint density at radius 3 is 2.76 bits per heavy atom. The van der Waals surface area contributed by atoms with Crippen LogP contribution in [-0.4, -0.2) is 42.8 Å². The number of fused-ring (bicyclic) bond motifs is 1. The van der Waals surface area contributed by atoms with Gasteiger partial charge in [0.15, 0.2) is 0 Å². The Morgan fingerprint density at radius 1 is 1.29 bits per heavy atom. The second kappa shape index (κ2) is 5.68. The van der Waals surface area contributed by atoms with E-state index >= 15 is 0 Å². The number of likely N-dealkylation sites (tertiary alicyclic amines) is 1. The third kappa shape index (κ3) is 2.67. The zero-order chi connectivity index (χ0) is 12.3. The first kappa shape index (κ1) is 13.3. The van der Waals surface area contributed by atoms with Crippen LogP contribution in [0, 0.1) is 5.92 Å². The zero-order valence-electron chi connectivity index (χ0n) is 11.5. The van der Waals surface area contributed by atoms with Gasteiger partial charge in [-0.3, -0.25) is 4.90 Å². The average molecular weight is 240 g/mol. The summed E-state index contributed by atoms with van der Waals surface area (Å²) >= 11 is 0. The number of rotatable bonds is 5. The van der Waals surface area contributed by atoms with Gasteiger partial charge in [-0.1, -0.05) is 6.42 Å². The van der Waals surface area contributed by atoms with Gasteiger partial charge in [0.2, 0.25) is 0 Å². The number of hydrogen-bond acceptors (Lipinski definition) is 3. The van der Waals surface area contributed by atoms with Gasteiger partial charge in [0.05, 0.1) is 12.1 Å². The van der Waals surface area contributed by atoms with Gasteiger partial charge >= 0.3 is 0 Å². The maximum absolute atomic E-state index is 6.04. The van der Waals surface area contributed by atoms with Gasteiger partial charge in [-0.25, -0.2) is 0 Å². The molecule has 2 fully saturated rings. The SMILES string of the molecule is CCOCC(C)(CN)N1CCCC2CCCC21. The standard InChI is InChI=1S/C14H28N2O/c1-3-17-11-14(2,10-15)16-9-5-7-12-6-4-8-13(12)16/h12-13H,3-11,15H2,1-2H3. The van der Waals surface area contributed by atoms with Crippen LogP contribution in [0.25, 0.3) is 0 Å². The molecule has 0 spiro atoms. The number of nitrogens with two attached hydrogens (primary N) is 1. The van der Waals surface area contributed by atoms with E-state index in [0.29, 0.717) is 6.54 Å². The molecule has 2 aliphatic rings. The van der Waals surface area contributed by atoms with E-state index in [2.05, 4.69) is 18.7 Å². The van der Waals surface area contributed by atoms with Gasteiger partial charge in [-0.05, 0) is 52.0 Å². The number of piperidine rings is 1. The van der Waals surface area contributed by atoms with E-state index in [1.807, 2.05) is 0 Å². The molecule has 0 aromatic carbocycles. The van der Waals surface area contributed by atoms with Crippen LogP contribution >= 0.6 is 0 Å². The fourth-order valence-corrected chi connectivity index (χ4v) is 3.71. The molecule has 2 rings (SSSR count). The third-order valence-corrected chi connectivity index (χ3v) is 4.74. The van der Waals surface area contributed by atoms with Gasteiger partial charge in [-0.15, -0.1) is 0 Å². The first-order valence-corrected chi connectivity index (χ1v) is 7.26. The van der Waals surface area contributed by atoms with Gasteiger partial charge in [0.25, 0.3) is 0 Å². The first-order valence-electron chi connectivity index (χ1n) is 7.26. The van der Waals surface area contributed by atoms with Crippen LogP contribution in [0.15, 0.2) is 0 Å². The van der Waals surface area contributed by atoms with Crippen molar-refractivity contribution in [3.05, 3.63) is 0 Å². The van der Waals surface area contributed by atoms with E-state index in [4.69, 9.17) is 10.5 Å². The monoisotopic (exact) mass is 240 g/mol. The maximum Gasteiger partial charge on any atom is 0.0660 e. The summed E-state index contributed by atoms with van der Waals surface area (Å²) in [7, 11) is 0. The van der Waals surface area contributed by atoms with Crippen LogP contribution in [0.4, 0.5) is 0 Å². The average Bonchev–Trinajstić information content (AvgIpc) is 2.83. The van der Waals surface area contributed by atoms with E-state index in [9.17, 15) is 0 Å². The molecule has 1 saturated carbocycles. The summed E-state index contributed by atoms with van der Waals surface area (Å²) in [6, 6.07) is 0.776. The molecular weight excluding hydrogens is 212 g/mol. The Kier molecular flexibility index (Phi) is 4.45. The normalized spacial score (nSPS) is 33.4. The first-order chi connectivity index (χ1) is 8.21. The molecule has 0 aromatic heterocycles. The van der Waals surface area contributed by atoms with Gasteiger partial charge in [0.1, 0.15) is 0 Å². The van der Waals surface area contributed by atoms with Gasteiger partial charge in [0, 0.05) is 19.2 Å². The van der Waals surface area contributed by atoms with Crippen molar-refractivity contribution in [2.45, 2.75) is 57.5 Å². The van der Waals surface area contributed by atoms with Crippen molar-refractivity contribution in [1.29, 1.82) is 0 Å². The molecule has 1 heterocycles. The molecule has 1 saturated heterocycles. The fourth-order valence-electron chi connectivity index (χ4n) is 3.71. The predicted molar refractivity (Wildman–Crippen MR) is 71.0 cm³/mol. The molecule has 3 atom stereocenters. The molecule has 2 N–H and O–H groups in total. The quantitative estimate of drug-likeness (QED) is 0.799. The van der Waals surface area contributed by atoms with Crippen LogP contribution in [-0.2, 0) is 4.74 Å². The highest BCUT2D eigenvalue weighted by Gasteiger charge is 2.42. The van der Waals surface area contributed by atoms with Crippen LogP contribution in [0.2, 0.25) is 0 Å². The lowest BCUT2D eigenvalue weighted by molar-refractivity contribution is -0.0384. The lowest BCUT2D eigenvalue weighted by Crippen LogP contribution is -2.61. The molecular formula is C14H28N2O. The van der Waals surface area contributed by atoms with E-state index in [0.717, 1.165) is 25.2 Å². The summed E-state index contributed by atoms with van der Waals surface area (Å²) in [6.07, 6.45) is 6.96. The van der Waals surface area contributed by atoms with Crippen LogP contribution < -0.4 is 5.73 Å². The topological polar surface area (TPSA) is 38.5 Å². The largest absolute Gasteiger partial charge is 0.380 e. The molecule has 3 nitrogen and oxygen atoms in total. The lowest BCUT2D eigenvalue weighted by Gasteiger charge is -2.48. The Balaban J connectivity index is 2.06. The van der Waals surface area contributed by atoms with Crippen LogP contribution in [0.1, 0.15) is 46.0 Å². The molecule has 0 amide bonds. The van der Waals surface area contributed by atoms with Crippen molar-refractivity contribution in [2.75, 3.05) is 26.3 Å². The predicted octanol–water partition coefficient (Wildman–Crippen LogP) is 2.00. The summed E-state index contributed by atoms with van der Waals surface area (Å²) in [5.41, 5.74) is 6.09. The van der Waals surface area contributed by atoms with E-state index in [1.54, 1.807) is 0 Å². The van der Waals surface area contributed by atoms with E-state index in [1.165, 1.54) is 38.6 Å². The second-order valence-electron chi connectivity index (χ2n) is 5.93. The van der Waals surface area contributed by atoms with Crippen molar-refractivity contribution in [2.24, 2.45) is 11.7 Å². The summed E-state index contributed by atoms with van der Waals surface area (Å²) in [6.45, 7) is 7.83. The smallest absolute Gasteiger partial charge is 0.0660 e. The number of ether oxygens (including phenoxy) is 1. The highest BCUT2D eigenvalue weighted by atomic mass is 16.5. The summed E-state index contributed by atoms with van der Waals surface area (Å²) in [4.78, 5) is 2.67. The lowest BCUT2D eigenvalue weighted by atomic mass is 9.87.